The molecule has 0 aliphatic heterocycles. The molecule has 6 heteroatoms. The maximum Gasteiger partial charge on any atom is 0.253 e. The molecular weight excluding hydrogens is 242 g/mol. The van der Waals surface area contributed by atoms with Crippen molar-refractivity contribution in [1.29, 1.82) is 0 Å². The molecule has 0 aliphatic carbocycles. The van der Waals surface area contributed by atoms with Gasteiger partial charge in [-0.2, -0.15) is 0 Å². The van der Waals surface area contributed by atoms with Crippen molar-refractivity contribution in [3.8, 4) is 0 Å². The van der Waals surface area contributed by atoms with Crippen LogP contribution in [0.4, 0.5) is 0 Å². The summed E-state index contributed by atoms with van der Waals surface area (Å²) in [5.74, 6) is 0.326. The third kappa shape index (κ3) is 4.16. The lowest BCUT2D eigenvalue weighted by Crippen LogP contribution is -2.25. The highest BCUT2D eigenvalue weighted by Gasteiger charge is 2.05. The number of nitrogens with one attached hydrogen (secondary N) is 1. The van der Waals surface area contributed by atoms with Gasteiger partial charge in [0.1, 0.15) is 4.32 Å². The molecule has 1 heterocycles. The first-order valence-corrected chi connectivity index (χ1v) is 6.03. The molecule has 1 aromatic heterocycles. The van der Waals surface area contributed by atoms with Gasteiger partial charge in [-0.25, -0.2) is 0 Å². The van der Waals surface area contributed by atoms with Crippen molar-refractivity contribution in [3.63, 3.8) is 0 Å². The molecule has 0 aromatic carbocycles. The summed E-state index contributed by atoms with van der Waals surface area (Å²) in [6, 6.07) is 3.45. The van der Waals surface area contributed by atoms with E-state index in [0.29, 0.717) is 11.4 Å². The first-order chi connectivity index (χ1) is 7.61. The first kappa shape index (κ1) is 12.9. The molecule has 0 unspecified atom stereocenters. The Bertz CT molecular complexity index is 368. The van der Waals surface area contributed by atoms with Crippen LogP contribution in [0.1, 0.15) is 10.4 Å². The molecule has 4 nitrogen and oxygen atoms in total. The summed E-state index contributed by atoms with van der Waals surface area (Å²) in [4.78, 5) is 17.3. The lowest BCUT2D eigenvalue weighted by Gasteiger charge is -2.12. The number of hydrogen-bond acceptors (Lipinski definition) is 4. The second kappa shape index (κ2) is 6.44. The summed E-state index contributed by atoms with van der Waals surface area (Å²) in [7, 11) is 3.75. The monoisotopic (exact) mass is 255 g/mol. The van der Waals surface area contributed by atoms with Crippen LogP contribution in [0.25, 0.3) is 0 Å². The van der Waals surface area contributed by atoms with Crippen molar-refractivity contribution >= 4 is 34.2 Å². The Hall–Kier alpha value is -1.14. The van der Waals surface area contributed by atoms with Crippen molar-refractivity contribution in [2.24, 2.45) is 0 Å². The molecule has 1 aromatic rings. The maximum absolute atomic E-state index is 11.6. The van der Waals surface area contributed by atoms with Crippen LogP contribution in [0, 0.1) is 0 Å². The minimum absolute atomic E-state index is 0.137. The lowest BCUT2D eigenvalue weighted by atomic mass is 10.3. The minimum Gasteiger partial charge on any atom is -0.364 e. The van der Waals surface area contributed by atoms with E-state index in [1.54, 1.807) is 18.3 Å². The molecule has 86 valence electrons. The zero-order valence-corrected chi connectivity index (χ0v) is 10.8. The molecule has 1 N–H and O–H groups in total. The van der Waals surface area contributed by atoms with Crippen molar-refractivity contribution < 1.29 is 4.79 Å². The van der Waals surface area contributed by atoms with Crippen LogP contribution in [-0.4, -0.2) is 40.1 Å². The number of nitrogens with zero attached hydrogens (tertiary/aromatic N) is 2. The summed E-state index contributed by atoms with van der Waals surface area (Å²) in [5, 5.41) is 2.75. The molecule has 16 heavy (non-hydrogen) atoms. The fourth-order valence-corrected chi connectivity index (χ4v) is 1.65. The van der Waals surface area contributed by atoms with Crippen LogP contribution >= 0.6 is 24.0 Å². The van der Waals surface area contributed by atoms with Gasteiger partial charge in [0, 0.05) is 26.5 Å². The Morgan fingerprint density at radius 2 is 2.38 bits per heavy atom. The standard InChI is InChI=1S/C10H13N3OS2/c1-13(2)10(15)16-7-12-9(14)8-4-3-5-11-6-8/h3-6H,7H2,1-2H3,(H,12,14). The van der Waals surface area contributed by atoms with Gasteiger partial charge in [0.25, 0.3) is 5.91 Å². The number of carbonyl (C=O) groups is 1. The predicted molar refractivity (Wildman–Crippen MR) is 70.4 cm³/mol. The van der Waals surface area contributed by atoms with Crippen LogP contribution in [0.3, 0.4) is 0 Å². The van der Waals surface area contributed by atoms with Gasteiger partial charge in [-0.3, -0.25) is 9.78 Å². The number of aromatic nitrogens is 1. The van der Waals surface area contributed by atoms with Crippen molar-refractivity contribution in [2.75, 3.05) is 20.0 Å². The Labute approximate surface area is 104 Å². The molecule has 0 aliphatic rings. The Kier molecular flexibility index (Phi) is 5.21. The number of carbonyl (C=O) groups excluding carboxylic acids is 1. The Morgan fingerprint density at radius 1 is 1.62 bits per heavy atom. The van der Waals surface area contributed by atoms with Crippen LogP contribution in [0.2, 0.25) is 0 Å². The fraction of sp³-hybridized carbons (Fsp3) is 0.300. The highest BCUT2D eigenvalue weighted by atomic mass is 32.2. The third-order valence-corrected chi connectivity index (χ3v) is 3.34. The number of thiocarbonyl (C=S) groups is 1. The molecule has 0 saturated heterocycles. The van der Waals surface area contributed by atoms with E-state index in [2.05, 4.69) is 10.3 Å². The fourth-order valence-electron chi connectivity index (χ4n) is 0.892. The Balaban J connectivity index is 2.34. The van der Waals surface area contributed by atoms with Crippen molar-refractivity contribution in [3.05, 3.63) is 30.1 Å². The van der Waals surface area contributed by atoms with Gasteiger partial charge < -0.3 is 10.2 Å². The summed E-state index contributed by atoms with van der Waals surface area (Å²) in [6.45, 7) is 0. The van der Waals surface area contributed by atoms with Crippen molar-refractivity contribution in [2.45, 2.75) is 0 Å². The van der Waals surface area contributed by atoms with E-state index < -0.39 is 0 Å². The first-order valence-electron chi connectivity index (χ1n) is 4.63. The van der Waals surface area contributed by atoms with Crippen LogP contribution in [0.15, 0.2) is 24.5 Å². The Morgan fingerprint density at radius 3 is 2.94 bits per heavy atom. The number of hydrogen-bond donors (Lipinski definition) is 1. The summed E-state index contributed by atoms with van der Waals surface area (Å²) in [5.41, 5.74) is 0.555. The zero-order chi connectivity index (χ0) is 12.0. The second-order valence-corrected chi connectivity index (χ2v) is 4.81. The quantitative estimate of drug-likeness (QED) is 0.652. The largest absolute Gasteiger partial charge is 0.364 e. The van der Waals surface area contributed by atoms with Gasteiger partial charge >= 0.3 is 0 Å². The molecule has 0 radical (unpaired) electrons. The summed E-state index contributed by atoms with van der Waals surface area (Å²) < 4.78 is 0.742. The van der Waals surface area contributed by atoms with E-state index in [4.69, 9.17) is 12.2 Å². The van der Waals surface area contributed by atoms with Gasteiger partial charge in [-0.1, -0.05) is 24.0 Å². The number of amides is 1. The normalized spacial score (nSPS) is 9.62. The predicted octanol–water partition coefficient (Wildman–Crippen LogP) is 1.35. The van der Waals surface area contributed by atoms with Crippen LogP contribution < -0.4 is 5.32 Å². The average molecular weight is 255 g/mol. The van der Waals surface area contributed by atoms with Gasteiger partial charge in [0.2, 0.25) is 0 Å². The zero-order valence-electron chi connectivity index (χ0n) is 9.14. The van der Waals surface area contributed by atoms with Gasteiger partial charge in [-0.15, -0.1) is 0 Å². The van der Waals surface area contributed by atoms with E-state index in [9.17, 15) is 4.79 Å². The van der Waals surface area contributed by atoms with E-state index in [0.717, 1.165) is 4.32 Å². The average Bonchev–Trinajstić information content (AvgIpc) is 2.29. The topological polar surface area (TPSA) is 45.2 Å². The molecule has 0 bridgehead atoms. The van der Waals surface area contributed by atoms with Crippen LogP contribution in [-0.2, 0) is 0 Å². The van der Waals surface area contributed by atoms with E-state index in [-0.39, 0.29) is 5.91 Å². The molecule has 0 spiro atoms. The number of pyridine rings is 1. The molecule has 0 saturated carbocycles. The molecular formula is C10H13N3OS2. The summed E-state index contributed by atoms with van der Waals surface area (Å²) in [6.07, 6.45) is 3.16. The number of rotatable bonds is 3. The highest BCUT2D eigenvalue weighted by molar-refractivity contribution is 8.22. The van der Waals surface area contributed by atoms with Gasteiger partial charge in [-0.05, 0) is 12.1 Å². The highest BCUT2D eigenvalue weighted by Crippen LogP contribution is 2.04. The lowest BCUT2D eigenvalue weighted by molar-refractivity contribution is 0.0960. The van der Waals surface area contributed by atoms with Gasteiger partial charge in [0.05, 0.1) is 11.4 Å². The molecule has 1 rings (SSSR count). The van der Waals surface area contributed by atoms with E-state index in [1.165, 1.54) is 18.0 Å². The van der Waals surface area contributed by atoms with E-state index in [1.807, 2.05) is 19.0 Å². The van der Waals surface area contributed by atoms with Gasteiger partial charge in [0.15, 0.2) is 0 Å². The van der Waals surface area contributed by atoms with E-state index >= 15 is 0 Å². The summed E-state index contributed by atoms with van der Waals surface area (Å²) >= 11 is 6.48. The number of thioether (sulfide) groups is 1. The SMILES string of the molecule is CN(C)C(=S)SCNC(=O)c1cccnc1. The third-order valence-electron chi connectivity index (χ3n) is 1.72. The molecule has 0 atom stereocenters. The van der Waals surface area contributed by atoms with Crippen LogP contribution in [0.5, 0.6) is 0 Å². The second-order valence-electron chi connectivity index (χ2n) is 3.20. The molecule has 0 fully saturated rings. The smallest absolute Gasteiger partial charge is 0.253 e. The van der Waals surface area contributed by atoms with Crippen molar-refractivity contribution in [1.82, 2.24) is 15.2 Å². The molecule has 1 amide bonds. The maximum atomic E-state index is 11.6. The minimum atomic E-state index is -0.137.